The summed E-state index contributed by atoms with van der Waals surface area (Å²) in [6.45, 7) is 1.35. The largest absolute Gasteiger partial charge is 0.449 e. The maximum Gasteiger partial charge on any atom is 0.338 e. The Kier molecular flexibility index (Phi) is 6.21. The number of ether oxygens (including phenoxy) is 1. The van der Waals surface area contributed by atoms with E-state index < -0.39 is 33.8 Å². The molecule has 2 aromatic carbocycles. The summed E-state index contributed by atoms with van der Waals surface area (Å²) in [4.78, 5) is 24.5. The molecule has 154 valence electrons. The molecule has 0 aromatic heterocycles. The standard InChI is InChI=1S/C19H18ClFN2O5S/c1-11(18(24)22-17-8-5-13(21)10-16(17)20)28-19(25)12-3-2-4-15(9-12)29(26,27)23-14-6-7-14/h2-5,8-11,14,23H,6-7H2,1H3,(H,22,24). The second-order valence-corrected chi connectivity index (χ2v) is 8.71. The third-order valence-electron chi connectivity index (χ3n) is 4.12. The summed E-state index contributed by atoms with van der Waals surface area (Å²) < 4.78 is 45.3. The number of carbonyl (C=O) groups is 2. The maximum absolute atomic E-state index is 13.1. The van der Waals surface area contributed by atoms with Crippen LogP contribution in [0.15, 0.2) is 47.4 Å². The van der Waals surface area contributed by atoms with E-state index in [1.54, 1.807) is 0 Å². The van der Waals surface area contributed by atoms with Gasteiger partial charge in [0.25, 0.3) is 5.91 Å². The predicted molar refractivity (Wildman–Crippen MR) is 105 cm³/mol. The monoisotopic (exact) mass is 440 g/mol. The number of hydrogen-bond acceptors (Lipinski definition) is 5. The Balaban J connectivity index is 1.66. The Morgan fingerprint density at radius 1 is 1.21 bits per heavy atom. The molecule has 1 saturated carbocycles. The second kappa shape index (κ2) is 8.48. The average molecular weight is 441 g/mol. The molecule has 0 spiro atoms. The molecule has 0 heterocycles. The number of nitrogens with one attached hydrogen (secondary N) is 2. The zero-order chi connectivity index (χ0) is 21.2. The van der Waals surface area contributed by atoms with E-state index in [1.807, 2.05) is 0 Å². The summed E-state index contributed by atoms with van der Waals surface area (Å²) in [7, 11) is -3.73. The third kappa shape index (κ3) is 5.53. The summed E-state index contributed by atoms with van der Waals surface area (Å²) in [6, 6.07) is 8.74. The SMILES string of the molecule is CC(OC(=O)c1cccc(S(=O)(=O)NC2CC2)c1)C(=O)Nc1ccc(F)cc1Cl. The van der Waals surface area contributed by atoms with E-state index in [9.17, 15) is 22.4 Å². The van der Waals surface area contributed by atoms with Crippen LogP contribution in [0.25, 0.3) is 0 Å². The first kappa shape index (κ1) is 21.2. The fourth-order valence-corrected chi connectivity index (χ4v) is 3.95. The normalized spacial score (nSPS) is 14.9. The van der Waals surface area contributed by atoms with Crippen molar-refractivity contribution in [3.63, 3.8) is 0 Å². The Bertz CT molecular complexity index is 1060. The lowest BCUT2D eigenvalue weighted by molar-refractivity contribution is -0.123. The van der Waals surface area contributed by atoms with E-state index in [2.05, 4.69) is 10.0 Å². The van der Waals surface area contributed by atoms with Crippen LogP contribution in [0.3, 0.4) is 0 Å². The fraction of sp³-hybridized carbons (Fsp3) is 0.263. The number of anilines is 1. The summed E-state index contributed by atoms with van der Waals surface area (Å²) in [5.41, 5.74) is 0.156. The van der Waals surface area contributed by atoms with Crippen molar-refractivity contribution in [1.29, 1.82) is 0 Å². The van der Waals surface area contributed by atoms with Gasteiger partial charge in [-0.2, -0.15) is 0 Å². The molecule has 0 bridgehead atoms. The van der Waals surface area contributed by atoms with Gasteiger partial charge >= 0.3 is 5.97 Å². The molecule has 2 N–H and O–H groups in total. The van der Waals surface area contributed by atoms with Gasteiger partial charge in [0.05, 0.1) is 21.2 Å². The molecule has 29 heavy (non-hydrogen) atoms. The van der Waals surface area contributed by atoms with Crippen molar-refractivity contribution in [2.45, 2.75) is 36.8 Å². The van der Waals surface area contributed by atoms with Crippen LogP contribution >= 0.6 is 11.6 Å². The van der Waals surface area contributed by atoms with Crippen LogP contribution < -0.4 is 10.0 Å². The van der Waals surface area contributed by atoms with Crippen molar-refractivity contribution in [3.05, 3.63) is 58.9 Å². The topological polar surface area (TPSA) is 102 Å². The third-order valence-corrected chi connectivity index (χ3v) is 5.95. The number of hydrogen-bond donors (Lipinski definition) is 2. The Labute approximate surface area is 172 Å². The zero-order valence-corrected chi connectivity index (χ0v) is 16.9. The molecule has 0 aliphatic heterocycles. The molecular formula is C19H18ClFN2O5S. The second-order valence-electron chi connectivity index (χ2n) is 6.58. The highest BCUT2D eigenvalue weighted by Gasteiger charge is 2.28. The van der Waals surface area contributed by atoms with Crippen LogP contribution in [0.5, 0.6) is 0 Å². The van der Waals surface area contributed by atoms with Crippen molar-refractivity contribution in [1.82, 2.24) is 4.72 Å². The van der Waals surface area contributed by atoms with Crippen molar-refractivity contribution in [2.24, 2.45) is 0 Å². The Hall–Kier alpha value is -2.49. The van der Waals surface area contributed by atoms with Gasteiger partial charge in [0.2, 0.25) is 10.0 Å². The minimum atomic E-state index is -3.73. The first-order chi connectivity index (χ1) is 13.7. The number of carbonyl (C=O) groups excluding carboxylic acids is 2. The highest BCUT2D eigenvalue weighted by atomic mass is 35.5. The molecular weight excluding hydrogens is 423 g/mol. The predicted octanol–water partition coefficient (Wildman–Crippen LogP) is 3.10. The molecule has 3 rings (SSSR count). The van der Waals surface area contributed by atoms with E-state index in [4.69, 9.17) is 16.3 Å². The molecule has 1 aliphatic rings. The highest BCUT2D eigenvalue weighted by Crippen LogP contribution is 2.24. The molecule has 0 radical (unpaired) electrons. The van der Waals surface area contributed by atoms with Gasteiger partial charge in [-0.15, -0.1) is 0 Å². The van der Waals surface area contributed by atoms with Gasteiger partial charge in [-0.3, -0.25) is 4.79 Å². The maximum atomic E-state index is 13.1. The van der Waals surface area contributed by atoms with Crippen molar-refractivity contribution in [2.75, 3.05) is 5.32 Å². The summed E-state index contributed by atoms with van der Waals surface area (Å²) in [6.07, 6.45) is 0.366. The Morgan fingerprint density at radius 2 is 1.93 bits per heavy atom. The molecule has 0 saturated heterocycles. The van der Waals surface area contributed by atoms with Crippen LogP contribution in [-0.2, 0) is 19.6 Å². The quantitative estimate of drug-likeness (QED) is 0.644. The van der Waals surface area contributed by atoms with E-state index in [0.29, 0.717) is 0 Å². The Morgan fingerprint density at radius 3 is 2.59 bits per heavy atom. The van der Waals surface area contributed by atoms with Crippen molar-refractivity contribution in [3.8, 4) is 0 Å². The van der Waals surface area contributed by atoms with Gasteiger partial charge < -0.3 is 10.1 Å². The molecule has 1 aliphatic carbocycles. The minimum Gasteiger partial charge on any atom is -0.449 e. The van der Waals surface area contributed by atoms with Crippen LogP contribution in [0, 0.1) is 5.82 Å². The van der Waals surface area contributed by atoms with E-state index in [-0.39, 0.29) is 27.2 Å². The van der Waals surface area contributed by atoms with Gasteiger partial charge in [0, 0.05) is 6.04 Å². The number of amides is 1. The first-order valence-corrected chi connectivity index (χ1v) is 10.6. The van der Waals surface area contributed by atoms with Gasteiger partial charge in [0.15, 0.2) is 6.10 Å². The zero-order valence-electron chi connectivity index (χ0n) is 15.3. The molecule has 10 heteroatoms. The smallest absolute Gasteiger partial charge is 0.338 e. The number of esters is 1. The molecule has 1 unspecified atom stereocenters. The fourth-order valence-electron chi connectivity index (χ4n) is 2.39. The number of benzene rings is 2. The van der Waals surface area contributed by atoms with Crippen LogP contribution in [0.4, 0.5) is 10.1 Å². The first-order valence-electron chi connectivity index (χ1n) is 8.75. The van der Waals surface area contributed by atoms with Gasteiger partial charge in [-0.25, -0.2) is 22.3 Å². The van der Waals surface area contributed by atoms with E-state index in [1.165, 1.54) is 37.3 Å². The van der Waals surface area contributed by atoms with Crippen molar-refractivity contribution < 1.29 is 27.1 Å². The summed E-state index contributed by atoms with van der Waals surface area (Å²) in [5, 5.41) is 2.44. The lowest BCUT2D eigenvalue weighted by Crippen LogP contribution is -2.30. The van der Waals surface area contributed by atoms with Gasteiger partial charge in [-0.05, 0) is 56.2 Å². The lowest BCUT2D eigenvalue weighted by atomic mass is 10.2. The van der Waals surface area contributed by atoms with E-state index >= 15 is 0 Å². The van der Waals surface area contributed by atoms with Gasteiger partial charge in [0.1, 0.15) is 5.82 Å². The molecule has 2 aromatic rings. The van der Waals surface area contributed by atoms with Crippen LogP contribution in [-0.4, -0.2) is 32.4 Å². The number of halogens is 2. The molecule has 1 amide bonds. The number of rotatable bonds is 7. The van der Waals surface area contributed by atoms with Gasteiger partial charge in [-0.1, -0.05) is 17.7 Å². The van der Waals surface area contributed by atoms with E-state index in [0.717, 1.165) is 25.0 Å². The highest BCUT2D eigenvalue weighted by molar-refractivity contribution is 7.89. The molecule has 7 nitrogen and oxygen atoms in total. The average Bonchev–Trinajstić information content (AvgIpc) is 3.47. The van der Waals surface area contributed by atoms with Crippen molar-refractivity contribution >= 4 is 39.2 Å². The van der Waals surface area contributed by atoms with Crippen LogP contribution in [0.1, 0.15) is 30.1 Å². The summed E-state index contributed by atoms with van der Waals surface area (Å²) in [5.74, 6) is -2.09. The van der Waals surface area contributed by atoms with Crippen LogP contribution in [0.2, 0.25) is 5.02 Å². The molecule has 1 fully saturated rings. The minimum absolute atomic E-state index is 0.00190. The molecule has 1 atom stereocenters. The lowest BCUT2D eigenvalue weighted by Gasteiger charge is -2.14. The summed E-state index contributed by atoms with van der Waals surface area (Å²) >= 11 is 5.86. The number of sulfonamides is 1.